The summed E-state index contributed by atoms with van der Waals surface area (Å²) in [6.45, 7) is 2.76. The Hall–Kier alpha value is -1.31. The third kappa shape index (κ3) is 9.98. The molecule has 1 amide bonds. The number of hydrogen-bond acceptors (Lipinski definition) is 2. The Kier molecular flexibility index (Phi) is 12.1. The van der Waals surface area contributed by atoms with Crippen LogP contribution >= 0.6 is 24.0 Å². The van der Waals surface area contributed by atoms with E-state index in [1.165, 1.54) is 24.8 Å². The molecular weight excluding hydrogens is 451 g/mol. The lowest BCUT2D eigenvalue weighted by molar-refractivity contribution is -0.121. The van der Waals surface area contributed by atoms with Gasteiger partial charge in [0.1, 0.15) is 0 Å². The van der Waals surface area contributed by atoms with Crippen LogP contribution in [0.25, 0.3) is 0 Å². The Morgan fingerprint density at radius 3 is 2.56 bits per heavy atom. The third-order valence-electron chi connectivity index (χ3n) is 4.93. The largest absolute Gasteiger partial charge is 0.356 e. The highest BCUT2D eigenvalue weighted by molar-refractivity contribution is 14.0. The molecule has 0 aliphatic heterocycles. The number of nitrogens with one attached hydrogen (secondary N) is 3. The number of rotatable bonds is 8. The maximum Gasteiger partial charge on any atom is 0.221 e. The number of carbonyl (C=O) groups excluding carboxylic acids is 1. The standard InChI is InChI=1S/C21H34N4O.HI/c1-17(13-14-18-9-5-3-6-10-18)24-21(22-2)23-16-15-20(26)25-19-11-7-4-8-12-19;/h3,5-6,9-10,17,19H,4,7-8,11-16H2,1-2H3,(H,25,26)(H2,22,23,24);1H. The van der Waals surface area contributed by atoms with Crippen LogP contribution < -0.4 is 16.0 Å². The van der Waals surface area contributed by atoms with Crippen molar-refractivity contribution in [3.63, 3.8) is 0 Å². The minimum Gasteiger partial charge on any atom is -0.356 e. The Balaban J connectivity index is 0.00000364. The number of benzene rings is 1. The summed E-state index contributed by atoms with van der Waals surface area (Å²) in [5, 5.41) is 9.79. The number of amides is 1. The minimum atomic E-state index is 0. The zero-order valence-corrected chi connectivity index (χ0v) is 19.0. The lowest BCUT2D eigenvalue weighted by Crippen LogP contribution is -2.44. The minimum absolute atomic E-state index is 0. The van der Waals surface area contributed by atoms with Gasteiger partial charge in [-0.2, -0.15) is 0 Å². The van der Waals surface area contributed by atoms with Gasteiger partial charge in [0.05, 0.1) is 0 Å². The lowest BCUT2D eigenvalue weighted by atomic mass is 9.95. The van der Waals surface area contributed by atoms with Crippen LogP contribution in [0.5, 0.6) is 0 Å². The average molecular weight is 486 g/mol. The van der Waals surface area contributed by atoms with Crippen LogP contribution in [0.2, 0.25) is 0 Å². The molecule has 0 spiro atoms. The smallest absolute Gasteiger partial charge is 0.221 e. The second-order valence-electron chi connectivity index (χ2n) is 7.22. The van der Waals surface area contributed by atoms with E-state index in [0.29, 0.717) is 25.0 Å². The monoisotopic (exact) mass is 486 g/mol. The molecule has 1 fully saturated rings. The predicted molar refractivity (Wildman–Crippen MR) is 124 cm³/mol. The number of aryl methyl sites for hydroxylation is 1. The number of carbonyl (C=O) groups is 1. The summed E-state index contributed by atoms with van der Waals surface area (Å²) in [6, 6.07) is 11.2. The van der Waals surface area contributed by atoms with E-state index in [1.54, 1.807) is 7.05 Å². The van der Waals surface area contributed by atoms with Crippen molar-refractivity contribution in [3.05, 3.63) is 35.9 Å². The molecule has 152 valence electrons. The van der Waals surface area contributed by atoms with Crippen molar-refractivity contribution in [2.75, 3.05) is 13.6 Å². The van der Waals surface area contributed by atoms with Gasteiger partial charge in [-0.3, -0.25) is 9.79 Å². The van der Waals surface area contributed by atoms with Crippen LogP contribution in [0, 0.1) is 0 Å². The molecule has 1 aromatic carbocycles. The molecule has 0 heterocycles. The fourth-order valence-corrected chi connectivity index (χ4v) is 3.37. The fourth-order valence-electron chi connectivity index (χ4n) is 3.37. The molecule has 1 unspecified atom stereocenters. The first-order chi connectivity index (χ1) is 12.7. The molecule has 5 nitrogen and oxygen atoms in total. The molecule has 3 N–H and O–H groups in total. The number of aliphatic imine (C=N–C) groups is 1. The Morgan fingerprint density at radius 1 is 1.19 bits per heavy atom. The van der Waals surface area contributed by atoms with Gasteiger partial charge in [0, 0.05) is 32.1 Å². The van der Waals surface area contributed by atoms with Gasteiger partial charge < -0.3 is 16.0 Å². The first kappa shape index (κ1) is 23.7. The first-order valence-electron chi connectivity index (χ1n) is 9.98. The number of guanidine groups is 1. The fraction of sp³-hybridized carbons (Fsp3) is 0.619. The second-order valence-corrected chi connectivity index (χ2v) is 7.22. The van der Waals surface area contributed by atoms with Gasteiger partial charge in [0.25, 0.3) is 0 Å². The van der Waals surface area contributed by atoms with Crippen LogP contribution in [-0.2, 0) is 11.2 Å². The molecule has 6 heteroatoms. The van der Waals surface area contributed by atoms with Gasteiger partial charge in [-0.15, -0.1) is 24.0 Å². The molecular formula is C21H35IN4O. The molecule has 0 saturated heterocycles. The van der Waals surface area contributed by atoms with E-state index in [0.717, 1.165) is 31.6 Å². The molecule has 0 aromatic heterocycles. The van der Waals surface area contributed by atoms with Crippen molar-refractivity contribution in [2.45, 2.75) is 70.4 Å². The second kappa shape index (κ2) is 13.8. The Labute approximate surface area is 181 Å². The summed E-state index contributed by atoms with van der Waals surface area (Å²) in [5.41, 5.74) is 1.35. The van der Waals surface area contributed by atoms with Gasteiger partial charge in [-0.05, 0) is 38.2 Å². The van der Waals surface area contributed by atoms with Crippen molar-refractivity contribution < 1.29 is 4.79 Å². The molecule has 1 aromatic rings. The molecule has 1 saturated carbocycles. The van der Waals surface area contributed by atoms with Gasteiger partial charge in [0.15, 0.2) is 5.96 Å². The highest BCUT2D eigenvalue weighted by Gasteiger charge is 2.15. The zero-order chi connectivity index (χ0) is 18.6. The van der Waals surface area contributed by atoms with Crippen LogP contribution in [0.15, 0.2) is 35.3 Å². The molecule has 1 aliphatic carbocycles. The van der Waals surface area contributed by atoms with E-state index in [2.05, 4.69) is 52.1 Å². The maximum absolute atomic E-state index is 12.1. The van der Waals surface area contributed by atoms with Crippen LogP contribution in [0.3, 0.4) is 0 Å². The average Bonchev–Trinajstić information content (AvgIpc) is 2.67. The van der Waals surface area contributed by atoms with Crippen molar-refractivity contribution in [1.82, 2.24) is 16.0 Å². The van der Waals surface area contributed by atoms with Crippen LogP contribution in [-0.4, -0.2) is 37.5 Å². The third-order valence-corrected chi connectivity index (χ3v) is 4.93. The number of halogens is 1. The van der Waals surface area contributed by atoms with E-state index in [-0.39, 0.29) is 29.9 Å². The van der Waals surface area contributed by atoms with Gasteiger partial charge in [-0.1, -0.05) is 49.6 Å². The van der Waals surface area contributed by atoms with Crippen LogP contribution in [0.4, 0.5) is 0 Å². The summed E-state index contributed by atoms with van der Waals surface area (Å²) < 4.78 is 0. The van der Waals surface area contributed by atoms with Crippen molar-refractivity contribution in [3.8, 4) is 0 Å². The van der Waals surface area contributed by atoms with E-state index < -0.39 is 0 Å². The van der Waals surface area contributed by atoms with Crippen LogP contribution in [0.1, 0.15) is 57.4 Å². The maximum atomic E-state index is 12.1. The van der Waals surface area contributed by atoms with Crippen molar-refractivity contribution in [1.29, 1.82) is 0 Å². The number of nitrogens with zero attached hydrogens (tertiary/aromatic N) is 1. The topological polar surface area (TPSA) is 65.5 Å². The molecule has 2 rings (SSSR count). The first-order valence-corrected chi connectivity index (χ1v) is 9.98. The predicted octanol–water partition coefficient (Wildman–Crippen LogP) is 3.63. The molecule has 0 radical (unpaired) electrons. The molecule has 27 heavy (non-hydrogen) atoms. The van der Waals surface area contributed by atoms with E-state index in [9.17, 15) is 4.79 Å². The summed E-state index contributed by atoms with van der Waals surface area (Å²) in [5.74, 6) is 0.896. The van der Waals surface area contributed by atoms with Crippen molar-refractivity contribution in [2.24, 2.45) is 4.99 Å². The molecule has 1 atom stereocenters. The Morgan fingerprint density at radius 2 is 1.89 bits per heavy atom. The molecule has 0 bridgehead atoms. The van der Waals surface area contributed by atoms with E-state index in [1.807, 2.05) is 6.07 Å². The van der Waals surface area contributed by atoms with E-state index in [4.69, 9.17) is 0 Å². The van der Waals surface area contributed by atoms with Gasteiger partial charge in [-0.25, -0.2) is 0 Å². The number of hydrogen-bond donors (Lipinski definition) is 3. The quantitative estimate of drug-likeness (QED) is 0.299. The SMILES string of the molecule is CN=C(NCCC(=O)NC1CCCCC1)NC(C)CCc1ccccc1.I. The summed E-state index contributed by atoms with van der Waals surface area (Å²) in [4.78, 5) is 16.3. The van der Waals surface area contributed by atoms with Crippen molar-refractivity contribution >= 4 is 35.8 Å². The molecule has 1 aliphatic rings. The normalized spacial score (nSPS) is 16.1. The summed E-state index contributed by atoms with van der Waals surface area (Å²) in [7, 11) is 1.77. The van der Waals surface area contributed by atoms with Gasteiger partial charge >= 0.3 is 0 Å². The van der Waals surface area contributed by atoms with E-state index >= 15 is 0 Å². The lowest BCUT2D eigenvalue weighted by Gasteiger charge is -2.23. The Bertz CT molecular complexity index is 559. The zero-order valence-electron chi connectivity index (χ0n) is 16.7. The highest BCUT2D eigenvalue weighted by atomic mass is 127. The summed E-state index contributed by atoms with van der Waals surface area (Å²) in [6.07, 6.45) is 8.58. The van der Waals surface area contributed by atoms with Gasteiger partial charge in [0.2, 0.25) is 5.91 Å². The highest BCUT2D eigenvalue weighted by Crippen LogP contribution is 2.17. The summed E-state index contributed by atoms with van der Waals surface area (Å²) >= 11 is 0.